The third kappa shape index (κ3) is 4.25. The number of esters is 1. The maximum atomic E-state index is 12.5. The van der Waals surface area contributed by atoms with Gasteiger partial charge in [0.15, 0.2) is 11.5 Å². The number of hydrogen-bond donors (Lipinski definition) is 3. The standard InChI is InChI=1S/C17H21BrN2O5/c1-5-24-12-7-10(6-11(18)15(12)21)14-13(16(22)25-8(2)3)9(4)19-17(23)20-14/h6-8,14,21H,5H2,1-4H3,(H2,19,20,23). The van der Waals surface area contributed by atoms with Gasteiger partial charge in [-0.3, -0.25) is 0 Å². The summed E-state index contributed by atoms with van der Waals surface area (Å²) in [6.07, 6.45) is -0.295. The minimum Gasteiger partial charge on any atom is -0.503 e. The Hall–Kier alpha value is -2.22. The Balaban J connectivity index is 2.52. The normalized spacial score (nSPS) is 17.2. The number of rotatable bonds is 5. The minimum absolute atomic E-state index is 0.0436. The molecule has 1 unspecified atom stereocenters. The lowest BCUT2D eigenvalue weighted by molar-refractivity contribution is -0.143. The Morgan fingerprint density at radius 1 is 1.40 bits per heavy atom. The molecule has 0 aliphatic carbocycles. The number of carbonyl (C=O) groups excluding carboxylic acids is 2. The van der Waals surface area contributed by atoms with Crippen molar-refractivity contribution in [2.24, 2.45) is 0 Å². The molecule has 0 bridgehead atoms. The van der Waals surface area contributed by atoms with Gasteiger partial charge in [0.2, 0.25) is 0 Å². The highest BCUT2D eigenvalue weighted by atomic mass is 79.9. The molecule has 7 nitrogen and oxygen atoms in total. The Morgan fingerprint density at radius 2 is 2.08 bits per heavy atom. The minimum atomic E-state index is -0.726. The number of urea groups is 1. The molecular formula is C17H21BrN2O5. The van der Waals surface area contributed by atoms with Crippen LogP contribution in [0.15, 0.2) is 27.9 Å². The van der Waals surface area contributed by atoms with Gasteiger partial charge in [-0.25, -0.2) is 9.59 Å². The number of phenolic OH excluding ortho intramolecular Hbond substituents is 1. The van der Waals surface area contributed by atoms with Gasteiger partial charge in [0.25, 0.3) is 0 Å². The van der Waals surface area contributed by atoms with Crippen LogP contribution in [0.2, 0.25) is 0 Å². The number of amides is 2. The van der Waals surface area contributed by atoms with Crippen molar-refractivity contribution in [1.82, 2.24) is 10.6 Å². The number of halogens is 1. The summed E-state index contributed by atoms with van der Waals surface area (Å²) in [5.41, 5.74) is 1.30. The van der Waals surface area contributed by atoms with Gasteiger partial charge in [0.05, 0.1) is 28.8 Å². The highest BCUT2D eigenvalue weighted by molar-refractivity contribution is 9.10. The molecule has 8 heteroatoms. The molecule has 0 aromatic heterocycles. The average Bonchev–Trinajstić information content (AvgIpc) is 2.50. The van der Waals surface area contributed by atoms with Crippen LogP contribution in [0.4, 0.5) is 4.79 Å². The van der Waals surface area contributed by atoms with E-state index in [1.807, 2.05) is 0 Å². The molecule has 0 fully saturated rings. The fraction of sp³-hybridized carbons (Fsp3) is 0.412. The fourth-order valence-corrected chi connectivity index (χ4v) is 2.98. The Bertz CT molecular complexity index is 730. The predicted octanol–water partition coefficient (Wildman–Crippen LogP) is 3.13. The van der Waals surface area contributed by atoms with Crippen LogP contribution in [0, 0.1) is 0 Å². The third-order valence-corrected chi connectivity index (χ3v) is 4.12. The van der Waals surface area contributed by atoms with E-state index in [1.165, 1.54) is 0 Å². The number of allylic oxidation sites excluding steroid dienone is 1. The zero-order valence-electron chi connectivity index (χ0n) is 14.5. The quantitative estimate of drug-likeness (QED) is 0.645. The molecule has 0 radical (unpaired) electrons. The molecule has 0 spiro atoms. The summed E-state index contributed by atoms with van der Waals surface area (Å²) < 4.78 is 11.1. The van der Waals surface area contributed by atoms with Crippen LogP contribution in [0.1, 0.15) is 39.3 Å². The third-order valence-electron chi connectivity index (χ3n) is 3.52. The van der Waals surface area contributed by atoms with E-state index in [2.05, 4.69) is 26.6 Å². The Morgan fingerprint density at radius 3 is 2.68 bits per heavy atom. The number of phenols is 1. The van der Waals surface area contributed by atoms with Crippen LogP contribution in [0.25, 0.3) is 0 Å². The molecule has 136 valence electrons. The summed E-state index contributed by atoms with van der Waals surface area (Å²) >= 11 is 3.27. The zero-order chi connectivity index (χ0) is 18.7. The summed E-state index contributed by atoms with van der Waals surface area (Å²) in [7, 11) is 0. The molecule has 1 aromatic carbocycles. The van der Waals surface area contributed by atoms with Gasteiger partial charge in [0.1, 0.15) is 0 Å². The van der Waals surface area contributed by atoms with Crippen molar-refractivity contribution < 1.29 is 24.2 Å². The topological polar surface area (TPSA) is 96.9 Å². The lowest BCUT2D eigenvalue weighted by Gasteiger charge is -2.29. The largest absolute Gasteiger partial charge is 0.503 e. The number of nitrogens with one attached hydrogen (secondary N) is 2. The molecule has 25 heavy (non-hydrogen) atoms. The molecular weight excluding hydrogens is 392 g/mol. The van der Waals surface area contributed by atoms with Gasteiger partial charge in [0, 0.05) is 5.70 Å². The monoisotopic (exact) mass is 412 g/mol. The smallest absolute Gasteiger partial charge is 0.338 e. The van der Waals surface area contributed by atoms with Crippen molar-refractivity contribution in [3.05, 3.63) is 33.4 Å². The van der Waals surface area contributed by atoms with Crippen LogP contribution < -0.4 is 15.4 Å². The SMILES string of the molecule is CCOc1cc(C2NC(=O)NC(C)=C2C(=O)OC(C)C)cc(Br)c1O. The maximum absolute atomic E-state index is 12.5. The lowest BCUT2D eigenvalue weighted by Crippen LogP contribution is -2.45. The fourth-order valence-electron chi connectivity index (χ4n) is 2.52. The first kappa shape index (κ1) is 19.1. The number of hydrogen-bond acceptors (Lipinski definition) is 5. The maximum Gasteiger partial charge on any atom is 0.338 e. The summed E-state index contributed by atoms with van der Waals surface area (Å²) in [6.45, 7) is 7.30. The number of ether oxygens (including phenoxy) is 2. The van der Waals surface area contributed by atoms with Crippen molar-refractivity contribution >= 4 is 27.9 Å². The summed E-state index contributed by atoms with van der Waals surface area (Å²) in [6, 6.07) is 2.07. The van der Waals surface area contributed by atoms with Gasteiger partial charge in [-0.05, 0) is 61.3 Å². The van der Waals surface area contributed by atoms with Crippen molar-refractivity contribution in [3.8, 4) is 11.5 Å². The molecule has 3 N–H and O–H groups in total. The van der Waals surface area contributed by atoms with Gasteiger partial charge in [-0.15, -0.1) is 0 Å². The number of benzene rings is 1. The number of aromatic hydroxyl groups is 1. The lowest BCUT2D eigenvalue weighted by atomic mass is 9.95. The van der Waals surface area contributed by atoms with Gasteiger partial charge in [-0.1, -0.05) is 0 Å². The van der Waals surface area contributed by atoms with E-state index < -0.39 is 18.0 Å². The van der Waals surface area contributed by atoms with E-state index in [0.29, 0.717) is 27.9 Å². The molecule has 1 aliphatic heterocycles. The highest BCUT2D eigenvalue weighted by Gasteiger charge is 2.33. The van der Waals surface area contributed by atoms with Crippen molar-refractivity contribution in [2.45, 2.75) is 39.8 Å². The van der Waals surface area contributed by atoms with Crippen molar-refractivity contribution in [1.29, 1.82) is 0 Å². The second-order valence-electron chi connectivity index (χ2n) is 5.81. The van der Waals surface area contributed by atoms with E-state index in [1.54, 1.807) is 39.8 Å². The van der Waals surface area contributed by atoms with Gasteiger partial charge < -0.3 is 25.2 Å². The van der Waals surface area contributed by atoms with E-state index in [0.717, 1.165) is 0 Å². The van der Waals surface area contributed by atoms with Gasteiger partial charge in [-0.2, -0.15) is 0 Å². The van der Waals surface area contributed by atoms with Crippen LogP contribution in [-0.4, -0.2) is 29.8 Å². The first-order valence-corrected chi connectivity index (χ1v) is 8.68. The van der Waals surface area contributed by atoms with Crippen LogP contribution >= 0.6 is 15.9 Å². The van der Waals surface area contributed by atoms with Crippen LogP contribution in [-0.2, 0) is 9.53 Å². The summed E-state index contributed by atoms with van der Waals surface area (Å²) in [5, 5.41) is 15.4. The zero-order valence-corrected chi connectivity index (χ0v) is 16.1. The molecule has 1 aromatic rings. The Labute approximate surface area is 154 Å². The highest BCUT2D eigenvalue weighted by Crippen LogP contribution is 2.39. The summed E-state index contributed by atoms with van der Waals surface area (Å²) in [4.78, 5) is 24.4. The summed E-state index contributed by atoms with van der Waals surface area (Å²) in [5.74, 6) is -0.307. The van der Waals surface area contributed by atoms with Crippen LogP contribution in [0.3, 0.4) is 0 Å². The molecule has 2 amide bonds. The predicted molar refractivity (Wildman–Crippen MR) is 95.3 cm³/mol. The molecule has 0 saturated heterocycles. The average molecular weight is 413 g/mol. The Kier molecular flexibility index (Phi) is 5.94. The second-order valence-corrected chi connectivity index (χ2v) is 6.66. The molecule has 0 saturated carbocycles. The van der Waals surface area contributed by atoms with Crippen molar-refractivity contribution in [2.75, 3.05) is 6.61 Å². The van der Waals surface area contributed by atoms with E-state index in [9.17, 15) is 14.7 Å². The van der Waals surface area contributed by atoms with E-state index >= 15 is 0 Å². The molecule has 1 heterocycles. The molecule has 1 atom stereocenters. The van der Waals surface area contributed by atoms with E-state index in [4.69, 9.17) is 9.47 Å². The molecule has 2 rings (SSSR count). The first-order valence-electron chi connectivity index (χ1n) is 7.89. The number of carbonyl (C=O) groups is 2. The van der Waals surface area contributed by atoms with Crippen molar-refractivity contribution in [3.63, 3.8) is 0 Å². The van der Waals surface area contributed by atoms with Gasteiger partial charge >= 0.3 is 12.0 Å². The van der Waals surface area contributed by atoms with Crippen LogP contribution in [0.5, 0.6) is 11.5 Å². The second kappa shape index (κ2) is 7.77. The first-order chi connectivity index (χ1) is 11.7. The molecule has 1 aliphatic rings. The van der Waals surface area contributed by atoms with E-state index in [-0.39, 0.29) is 17.6 Å².